The van der Waals surface area contributed by atoms with Gasteiger partial charge in [0.1, 0.15) is 23.0 Å². The molecule has 4 aromatic rings. The van der Waals surface area contributed by atoms with Crippen LogP contribution in [0.3, 0.4) is 0 Å². The predicted octanol–water partition coefficient (Wildman–Crippen LogP) is 3.71. The van der Waals surface area contributed by atoms with E-state index in [4.69, 9.17) is 0 Å². The van der Waals surface area contributed by atoms with Gasteiger partial charge >= 0.3 is 0 Å². The highest BCUT2D eigenvalue weighted by Gasteiger charge is 2.25. The fourth-order valence-electron chi connectivity index (χ4n) is 3.55. The van der Waals surface area contributed by atoms with Crippen molar-refractivity contribution in [2.75, 3.05) is 0 Å². The minimum atomic E-state index is -0.419. The summed E-state index contributed by atoms with van der Waals surface area (Å²) in [5.74, 6) is 0.0115. The monoisotopic (exact) mass is 425 g/mol. The number of hydrogen-bond acceptors (Lipinski definition) is 7. The van der Waals surface area contributed by atoms with Crippen molar-refractivity contribution >= 4 is 34.5 Å². The van der Waals surface area contributed by atoms with Crippen molar-refractivity contribution in [3.05, 3.63) is 93.9 Å². The molecule has 2 aromatic heterocycles. The van der Waals surface area contributed by atoms with Gasteiger partial charge in [-0.3, -0.25) is 9.36 Å². The van der Waals surface area contributed by atoms with Gasteiger partial charge in [0.05, 0.1) is 28.1 Å². The Morgan fingerprint density at radius 2 is 1.94 bits per heavy atom. The van der Waals surface area contributed by atoms with Gasteiger partial charge in [-0.25, -0.2) is 9.98 Å². The lowest BCUT2D eigenvalue weighted by molar-refractivity contribution is 0.477. The van der Waals surface area contributed by atoms with Crippen LogP contribution in [0.2, 0.25) is 0 Å². The van der Waals surface area contributed by atoms with E-state index in [-0.39, 0.29) is 17.1 Å². The van der Waals surface area contributed by atoms with Gasteiger partial charge in [0, 0.05) is 6.20 Å². The van der Waals surface area contributed by atoms with Crippen molar-refractivity contribution in [2.24, 2.45) is 4.99 Å². The molecule has 3 heterocycles. The molecule has 8 heteroatoms. The van der Waals surface area contributed by atoms with E-state index in [0.717, 1.165) is 10.5 Å². The molecule has 0 radical (unpaired) electrons. The Bertz CT molecular complexity index is 1460. The van der Waals surface area contributed by atoms with Crippen LogP contribution in [0.1, 0.15) is 16.7 Å². The number of amidine groups is 1. The Morgan fingerprint density at radius 3 is 2.74 bits per heavy atom. The molecular formula is C23H15N5O2S. The highest BCUT2D eigenvalue weighted by molar-refractivity contribution is 7.98. The van der Waals surface area contributed by atoms with Crippen LogP contribution < -0.4 is 10.3 Å². The first kappa shape index (κ1) is 18.9. The Labute approximate surface area is 181 Å². The topological polar surface area (TPSA) is 103 Å². The molecule has 1 aliphatic rings. The van der Waals surface area contributed by atoms with Crippen molar-refractivity contribution in [3.8, 4) is 11.8 Å². The van der Waals surface area contributed by atoms with E-state index >= 15 is 0 Å². The zero-order valence-electron chi connectivity index (χ0n) is 16.1. The second-order valence-corrected chi connectivity index (χ2v) is 7.75. The molecule has 0 amide bonds. The van der Waals surface area contributed by atoms with Crippen LogP contribution in [0.4, 0.5) is 5.69 Å². The van der Waals surface area contributed by atoms with Gasteiger partial charge in [0.15, 0.2) is 5.84 Å². The molecule has 0 fully saturated rings. The average Bonchev–Trinajstić information content (AvgIpc) is 2.82. The molecule has 0 bridgehead atoms. The summed E-state index contributed by atoms with van der Waals surface area (Å²) in [5.41, 5.74) is 1.82. The number of fused-ring (bicyclic) bond motifs is 2. The quantitative estimate of drug-likeness (QED) is 0.485. The third-order valence-corrected chi connectivity index (χ3v) is 5.86. The Kier molecular flexibility index (Phi) is 4.65. The van der Waals surface area contributed by atoms with Crippen LogP contribution in [-0.2, 0) is 6.54 Å². The number of pyridine rings is 2. The highest BCUT2D eigenvalue weighted by atomic mass is 32.2. The van der Waals surface area contributed by atoms with E-state index in [1.54, 1.807) is 30.5 Å². The maximum atomic E-state index is 13.5. The second kappa shape index (κ2) is 7.63. The third kappa shape index (κ3) is 3.21. The van der Waals surface area contributed by atoms with Gasteiger partial charge in [-0.05, 0) is 41.8 Å². The van der Waals surface area contributed by atoms with Crippen LogP contribution in [-0.4, -0.2) is 20.5 Å². The number of aliphatic imine (C=N–C) groups is 1. The van der Waals surface area contributed by atoms with E-state index in [1.807, 2.05) is 36.4 Å². The summed E-state index contributed by atoms with van der Waals surface area (Å²) in [5, 5.41) is 20.9. The summed E-state index contributed by atoms with van der Waals surface area (Å²) < 4.78 is 4.57. The van der Waals surface area contributed by atoms with E-state index in [2.05, 4.69) is 20.8 Å². The standard InChI is InChI=1S/C23H15N5O2S/c24-12-15-8-4-10-17-19(15)26-21(27-31-17)18-20(29)16-9-5-11-25-22(16)28(23(18)30)13-14-6-2-1-3-7-14/h1-11,29H,13H2,(H,26,27). The Balaban J connectivity index is 1.76. The number of hydrogen-bond donors (Lipinski definition) is 2. The van der Waals surface area contributed by atoms with E-state index in [9.17, 15) is 15.2 Å². The Hall–Kier alpha value is -4.09. The molecule has 0 spiro atoms. The predicted molar refractivity (Wildman–Crippen MR) is 120 cm³/mol. The van der Waals surface area contributed by atoms with Gasteiger partial charge in [-0.2, -0.15) is 5.26 Å². The molecule has 0 aliphatic carbocycles. The molecule has 2 aromatic carbocycles. The molecule has 7 nitrogen and oxygen atoms in total. The van der Waals surface area contributed by atoms with Crippen molar-refractivity contribution in [3.63, 3.8) is 0 Å². The SMILES string of the molecule is N#Cc1cccc2c1N=C(c1c(O)c3cccnc3n(Cc3ccccc3)c1=O)NS2. The van der Waals surface area contributed by atoms with Crippen LogP contribution in [0.15, 0.2) is 81.5 Å². The molecule has 0 atom stereocenters. The fourth-order valence-corrected chi connectivity index (χ4v) is 4.30. The van der Waals surface area contributed by atoms with Crippen molar-refractivity contribution in [1.82, 2.24) is 14.3 Å². The molecule has 0 saturated carbocycles. The summed E-state index contributed by atoms with van der Waals surface area (Å²) in [7, 11) is 0. The maximum Gasteiger partial charge on any atom is 0.267 e. The maximum absolute atomic E-state index is 13.5. The molecule has 5 rings (SSSR count). The number of benzene rings is 2. The van der Waals surface area contributed by atoms with E-state index in [1.165, 1.54) is 16.5 Å². The normalized spacial score (nSPS) is 12.5. The number of rotatable bonds is 3. The highest BCUT2D eigenvalue weighted by Crippen LogP contribution is 2.36. The molecule has 0 saturated heterocycles. The smallest absolute Gasteiger partial charge is 0.267 e. The molecule has 2 N–H and O–H groups in total. The Morgan fingerprint density at radius 1 is 1.10 bits per heavy atom. The zero-order chi connectivity index (χ0) is 21.4. The first-order chi connectivity index (χ1) is 15.2. The van der Waals surface area contributed by atoms with Crippen molar-refractivity contribution in [1.29, 1.82) is 5.26 Å². The lowest BCUT2D eigenvalue weighted by Crippen LogP contribution is -2.33. The number of nitrogens with zero attached hydrogens (tertiary/aromatic N) is 4. The summed E-state index contributed by atoms with van der Waals surface area (Å²) in [6.07, 6.45) is 1.59. The zero-order valence-corrected chi connectivity index (χ0v) is 16.9. The lowest BCUT2D eigenvalue weighted by Gasteiger charge is -2.19. The van der Waals surface area contributed by atoms with Gasteiger partial charge < -0.3 is 9.83 Å². The number of nitrogens with one attached hydrogen (secondary N) is 1. The molecule has 150 valence electrons. The van der Waals surface area contributed by atoms with Crippen LogP contribution in [0.25, 0.3) is 11.0 Å². The molecule has 0 unspecified atom stereocenters. The number of aromatic hydroxyl groups is 1. The van der Waals surface area contributed by atoms with Crippen molar-refractivity contribution in [2.45, 2.75) is 11.4 Å². The van der Waals surface area contributed by atoms with Crippen LogP contribution in [0, 0.1) is 11.3 Å². The number of para-hydroxylation sites is 1. The molecule has 31 heavy (non-hydrogen) atoms. The summed E-state index contributed by atoms with van der Waals surface area (Å²) in [6, 6.07) is 20.4. The molecule has 1 aliphatic heterocycles. The second-order valence-electron chi connectivity index (χ2n) is 6.90. The van der Waals surface area contributed by atoms with Gasteiger partial charge in [0.2, 0.25) is 0 Å². The van der Waals surface area contributed by atoms with E-state index in [0.29, 0.717) is 28.8 Å². The van der Waals surface area contributed by atoms with Crippen LogP contribution >= 0.6 is 11.9 Å². The number of nitriles is 1. The lowest BCUT2D eigenvalue weighted by atomic mass is 10.1. The molecular weight excluding hydrogens is 410 g/mol. The van der Waals surface area contributed by atoms with Gasteiger partial charge in [-0.1, -0.05) is 36.4 Å². The minimum absolute atomic E-state index is 0.0438. The first-order valence-electron chi connectivity index (χ1n) is 9.47. The summed E-state index contributed by atoms with van der Waals surface area (Å²) >= 11 is 1.25. The summed E-state index contributed by atoms with van der Waals surface area (Å²) in [6.45, 7) is 0.293. The van der Waals surface area contributed by atoms with Gasteiger partial charge in [0.25, 0.3) is 5.56 Å². The van der Waals surface area contributed by atoms with E-state index < -0.39 is 5.56 Å². The fraction of sp³-hybridized carbons (Fsp3) is 0.0435. The van der Waals surface area contributed by atoms with Crippen LogP contribution in [0.5, 0.6) is 5.75 Å². The van der Waals surface area contributed by atoms with Crippen molar-refractivity contribution < 1.29 is 5.11 Å². The van der Waals surface area contributed by atoms with Gasteiger partial charge in [-0.15, -0.1) is 0 Å². The third-order valence-electron chi connectivity index (χ3n) is 5.01. The summed E-state index contributed by atoms with van der Waals surface area (Å²) in [4.78, 5) is 23.2. The largest absolute Gasteiger partial charge is 0.506 e. The minimum Gasteiger partial charge on any atom is -0.506 e. The average molecular weight is 425 g/mol. The number of aromatic nitrogens is 2. The first-order valence-corrected chi connectivity index (χ1v) is 10.3.